The third kappa shape index (κ3) is 3.68. The van der Waals surface area contributed by atoms with Crippen LogP contribution in [0.15, 0.2) is 60.8 Å². The monoisotopic (exact) mass is 404 g/mol. The van der Waals surface area contributed by atoms with Crippen molar-refractivity contribution < 1.29 is 9.18 Å². The number of hydrogen-bond acceptors (Lipinski definition) is 4. The fourth-order valence-corrected chi connectivity index (χ4v) is 4.77. The van der Waals surface area contributed by atoms with Crippen LogP contribution in [0, 0.1) is 5.82 Å². The molecule has 3 atom stereocenters. The summed E-state index contributed by atoms with van der Waals surface area (Å²) in [6.45, 7) is 3.95. The summed E-state index contributed by atoms with van der Waals surface area (Å²) in [5.74, 6) is -0.126. The van der Waals surface area contributed by atoms with Crippen molar-refractivity contribution in [1.29, 1.82) is 0 Å². The SMILES string of the molecule is O=C(c1ccccc1)N1C[C@@H](CNCc2cc(F)cc3cccnc23)N2CC[C@H]1C2. The second kappa shape index (κ2) is 8.13. The zero-order valence-electron chi connectivity index (χ0n) is 16.8. The topological polar surface area (TPSA) is 48.5 Å². The Labute approximate surface area is 175 Å². The Kier molecular flexibility index (Phi) is 5.19. The Morgan fingerprint density at radius 3 is 2.87 bits per heavy atom. The van der Waals surface area contributed by atoms with E-state index in [1.54, 1.807) is 12.3 Å². The van der Waals surface area contributed by atoms with Gasteiger partial charge in [-0.1, -0.05) is 24.3 Å². The molecule has 154 valence electrons. The van der Waals surface area contributed by atoms with Gasteiger partial charge in [0.05, 0.1) is 5.52 Å². The molecule has 2 aromatic carbocycles. The molecule has 2 fully saturated rings. The van der Waals surface area contributed by atoms with Crippen molar-refractivity contribution in [2.75, 3.05) is 26.2 Å². The van der Waals surface area contributed by atoms with Crippen molar-refractivity contribution in [2.24, 2.45) is 0 Å². The first-order chi connectivity index (χ1) is 14.7. The van der Waals surface area contributed by atoms with Gasteiger partial charge in [0, 0.05) is 62.0 Å². The highest BCUT2D eigenvalue weighted by Gasteiger charge is 2.40. The molecule has 3 aromatic rings. The Morgan fingerprint density at radius 1 is 1.13 bits per heavy atom. The predicted molar refractivity (Wildman–Crippen MR) is 115 cm³/mol. The van der Waals surface area contributed by atoms with Gasteiger partial charge in [0.25, 0.3) is 5.91 Å². The number of benzene rings is 2. The zero-order chi connectivity index (χ0) is 20.5. The van der Waals surface area contributed by atoms with Crippen molar-refractivity contribution in [3.63, 3.8) is 0 Å². The minimum Gasteiger partial charge on any atom is -0.333 e. The molecule has 1 aromatic heterocycles. The average molecular weight is 404 g/mol. The van der Waals surface area contributed by atoms with E-state index < -0.39 is 0 Å². The highest BCUT2D eigenvalue weighted by Crippen LogP contribution is 2.26. The molecule has 2 aliphatic heterocycles. The lowest BCUT2D eigenvalue weighted by Crippen LogP contribution is -2.57. The minimum atomic E-state index is -0.244. The summed E-state index contributed by atoms with van der Waals surface area (Å²) in [6, 6.07) is 16.9. The fourth-order valence-electron chi connectivity index (χ4n) is 4.77. The van der Waals surface area contributed by atoms with Crippen LogP contribution in [0.2, 0.25) is 0 Å². The van der Waals surface area contributed by atoms with Crippen LogP contribution in [0.25, 0.3) is 10.9 Å². The molecule has 3 heterocycles. The molecule has 5 nitrogen and oxygen atoms in total. The lowest BCUT2D eigenvalue weighted by atomic mass is 10.1. The summed E-state index contributed by atoms with van der Waals surface area (Å²) in [4.78, 5) is 22.0. The van der Waals surface area contributed by atoms with Crippen molar-refractivity contribution >= 4 is 16.8 Å². The second-order valence-corrected chi connectivity index (χ2v) is 8.19. The first-order valence-electron chi connectivity index (χ1n) is 10.5. The molecule has 2 aliphatic rings. The molecule has 5 rings (SSSR count). The first-order valence-corrected chi connectivity index (χ1v) is 10.5. The smallest absolute Gasteiger partial charge is 0.254 e. The lowest BCUT2D eigenvalue weighted by Gasteiger charge is -2.40. The molecule has 0 aliphatic carbocycles. The quantitative estimate of drug-likeness (QED) is 0.710. The number of rotatable bonds is 5. The number of piperazine rings is 1. The van der Waals surface area contributed by atoms with Crippen LogP contribution in [0.1, 0.15) is 22.3 Å². The van der Waals surface area contributed by atoms with E-state index >= 15 is 0 Å². The highest BCUT2D eigenvalue weighted by molar-refractivity contribution is 5.94. The van der Waals surface area contributed by atoms with Gasteiger partial charge < -0.3 is 10.2 Å². The van der Waals surface area contributed by atoms with E-state index in [9.17, 15) is 9.18 Å². The number of nitrogens with zero attached hydrogens (tertiary/aromatic N) is 3. The van der Waals surface area contributed by atoms with Crippen LogP contribution in [-0.4, -0.2) is 59.0 Å². The standard InChI is InChI=1S/C24H25FN4O/c25-20-11-18-7-4-9-27-23(18)19(12-20)13-26-14-22-16-29(21-8-10-28(22)15-21)24(30)17-5-2-1-3-6-17/h1-7,9,11-12,21-22,26H,8,10,13-16H2/t21-,22+/m0/s1. The molecule has 30 heavy (non-hydrogen) atoms. The van der Waals surface area contributed by atoms with Crippen molar-refractivity contribution in [2.45, 2.75) is 25.0 Å². The summed E-state index contributed by atoms with van der Waals surface area (Å²) in [6.07, 6.45) is 2.76. The summed E-state index contributed by atoms with van der Waals surface area (Å²) >= 11 is 0. The van der Waals surface area contributed by atoms with E-state index in [4.69, 9.17) is 0 Å². The van der Waals surface area contributed by atoms with Crippen LogP contribution in [0.4, 0.5) is 4.39 Å². The molecule has 1 N–H and O–H groups in total. The summed E-state index contributed by atoms with van der Waals surface area (Å²) in [5, 5.41) is 4.30. The summed E-state index contributed by atoms with van der Waals surface area (Å²) in [7, 11) is 0. The van der Waals surface area contributed by atoms with E-state index in [1.807, 2.05) is 47.4 Å². The Balaban J connectivity index is 1.27. The summed E-state index contributed by atoms with van der Waals surface area (Å²) in [5.41, 5.74) is 2.44. The van der Waals surface area contributed by atoms with Gasteiger partial charge in [-0.2, -0.15) is 0 Å². The molecule has 2 bridgehead atoms. The second-order valence-electron chi connectivity index (χ2n) is 8.19. The fraction of sp³-hybridized carbons (Fsp3) is 0.333. The van der Waals surface area contributed by atoms with Gasteiger partial charge in [-0.05, 0) is 42.3 Å². The number of halogens is 1. The number of amides is 1. The van der Waals surface area contributed by atoms with Gasteiger partial charge in [0.15, 0.2) is 0 Å². The van der Waals surface area contributed by atoms with E-state index in [-0.39, 0.29) is 17.8 Å². The average Bonchev–Trinajstić information content (AvgIpc) is 3.19. The van der Waals surface area contributed by atoms with Crippen molar-refractivity contribution in [1.82, 2.24) is 20.1 Å². The van der Waals surface area contributed by atoms with Crippen molar-refractivity contribution in [3.05, 3.63) is 77.7 Å². The van der Waals surface area contributed by atoms with Crippen LogP contribution in [0.3, 0.4) is 0 Å². The highest BCUT2D eigenvalue weighted by atomic mass is 19.1. The Bertz CT molecular complexity index is 1060. The maximum absolute atomic E-state index is 14.0. The largest absolute Gasteiger partial charge is 0.333 e. The first kappa shape index (κ1) is 19.2. The van der Waals surface area contributed by atoms with Crippen molar-refractivity contribution in [3.8, 4) is 0 Å². The summed E-state index contributed by atoms with van der Waals surface area (Å²) < 4.78 is 14.0. The molecule has 0 saturated carbocycles. The van der Waals surface area contributed by atoms with Gasteiger partial charge in [0.2, 0.25) is 0 Å². The van der Waals surface area contributed by atoms with Crippen LogP contribution in [-0.2, 0) is 6.54 Å². The maximum Gasteiger partial charge on any atom is 0.254 e. The number of nitrogens with one attached hydrogen (secondary N) is 1. The molecule has 2 saturated heterocycles. The van der Waals surface area contributed by atoms with Gasteiger partial charge in [-0.3, -0.25) is 14.7 Å². The molecule has 1 unspecified atom stereocenters. The number of hydrogen-bond donors (Lipinski definition) is 1. The van der Waals surface area contributed by atoms with Gasteiger partial charge >= 0.3 is 0 Å². The van der Waals surface area contributed by atoms with Gasteiger partial charge in [0.1, 0.15) is 5.82 Å². The van der Waals surface area contributed by atoms with E-state index in [1.165, 1.54) is 6.07 Å². The third-order valence-corrected chi connectivity index (χ3v) is 6.29. The molecule has 1 amide bonds. The molecular formula is C24H25FN4O. The van der Waals surface area contributed by atoms with Gasteiger partial charge in [-0.25, -0.2) is 4.39 Å². The predicted octanol–water partition coefficient (Wildman–Crippen LogP) is 3.06. The van der Waals surface area contributed by atoms with E-state index in [0.29, 0.717) is 19.1 Å². The molecule has 0 spiro atoms. The molecular weight excluding hydrogens is 379 g/mol. The van der Waals surface area contributed by atoms with E-state index in [0.717, 1.165) is 48.1 Å². The van der Waals surface area contributed by atoms with Crippen LogP contribution >= 0.6 is 0 Å². The Morgan fingerprint density at radius 2 is 2.00 bits per heavy atom. The number of fused-ring (bicyclic) bond motifs is 3. The number of aromatic nitrogens is 1. The maximum atomic E-state index is 14.0. The number of carbonyl (C=O) groups excluding carboxylic acids is 1. The third-order valence-electron chi connectivity index (χ3n) is 6.29. The van der Waals surface area contributed by atoms with Crippen LogP contribution in [0.5, 0.6) is 0 Å². The minimum absolute atomic E-state index is 0.118. The number of pyridine rings is 1. The number of carbonyl (C=O) groups is 1. The molecule has 0 radical (unpaired) electrons. The van der Waals surface area contributed by atoms with Gasteiger partial charge in [-0.15, -0.1) is 0 Å². The zero-order valence-corrected chi connectivity index (χ0v) is 16.8. The molecule has 6 heteroatoms. The Hall–Kier alpha value is -2.83. The van der Waals surface area contributed by atoms with E-state index in [2.05, 4.69) is 15.2 Å². The normalized spacial score (nSPS) is 23.1. The lowest BCUT2D eigenvalue weighted by molar-refractivity contribution is 0.0495. The van der Waals surface area contributed by atoms with Crippen LogP contribution < -0.4 is 5.32 Å².